The van der Waals surface area contributed by atoms with Gasteiger partial charge in [0.2, 0.25) is 5.43 Å². The van der Waals surface area contributed by atoms with E-state index >= 15 is 0 Å². The van der Waals surface area contributed by atoms with E-state index in [1.54, 1.807) is 0 Å². The summed E-state index contributed by atoms with van der Waals surface area (Å²) in [7, 11) is 0. The highest BCUT2D eigenvalue weighted by atomic mass is 16.5. The Bertz CT molecular complexity index is 561. The number of rotatable bonds is 0. The van der Waals surface area contributed by atoms with Crippen LogP contribution in [-0.4, -0.2) is 9.94 Å². The number of hydrogen-bond donors (Lipinski definition) is 4. The lowest BCUT2D eigenvalue weighted by molar-refractivity contribution is 0.189. The number of anilines is 3. The van der Waals surface area contributed by atoms with E-state index in [0.29, 0.717) is 0 Å². The number of nitrogens with two attached hydrogens (primary N) is 3. The van der Waals surface area contributed by atoms with Crippen molar-refractivity contribution >= 4 is 17.1 Å². The summed E-state index contributed by atoms with van der Waals surface area (Å²) < 4.78 is 0.752. The Kier molecular flexibility index (Phi) is 1.72. The van der Waals surface area contributed by atoms with Gasteiger partial charge in [0.05, 0.1) is 16.9 Å². The predicted molar refractivity (Wildman–Crippen MR) is 57.7 cm³/mol. The molecule has 0 aromatic rings. The molecule has 1 heterocycles. The molecular weight excluding hydrogens is 196 g/mol. The molecule has 6 heteroatoms. The van der Waals surface area contributed by atoms with Crippen LogP contribution in [0.5, 0.6) is 0 Å². The summed E-state index contributed by atoms with van der Waals surface area (Å²) in [5, 5.41) is 9.49. The van der Waals surface area contributed by atoms with Gasteiger partial charge in [-0.3, -0.25) is 4.79 Å². The van der Waals surface area contributed by atoms with E-state index < -0.39 is 5.43 Å². The van der Waals surface area contributed by atoms with Gasteiger partial charge in [-0.25, -0.2) is 0 Å². The molecule has 0 amide bonds. The third kappa shape index (κ3) is 1.08. The third-order valence-corrected chi connectivity index (χ3v) is 2.30. The molecule has 0 unspecified atom stereocenters. The maximum absolute atomic E-state index is 11.7. The zero-order valence-electron chi connectivity index (χ0n) is 7.77. The van der Waals surface area contributed by atoms with Gasteiger partial charge in [0.25, 0.3) is 0 Å². The number of benzene rings is 1. The van der Waals surface area contributed by atoms with Gasteiger partial charge in [-0.2, -0.15) is 4.73 Å². The van der Waals surface area contributed by atoms with Gasteiger partial charge in [0.1, 0.15) is 11.4 Å². The molecule has 7 N–H and O–H groups in total. The summed E-state index contributed by atoms with van der Waals surface area (Å²) in [4.78, 5) is 11.7. The Hall–Kier alpha value is -2.37. The molecule has 2 aliphatic rings. The second-order valence-electron chi connectivity index (χ2n) is 3.19. The predicted octanol–water partition coefficient (Wildman–Crippen LogP) is -0.0630. The Balaban J connectivity index is 3.06. The van der Waals surface area contributed by atoms with E-state index in [0.717, 1.165) is 4.73 Å². The van der Waals surface area contributed by atoms with Gasteiger partial charge in [-0.1, -0.05) is 0 Å². The molecule has 0 aromatic carbocycles. The lowest BCUT2D eigenvalue weighted by Crippen LogP contribution is -2.19. The summed E-state index contributed by atoms with van der Waals surface area (Å²) >= 11 is 0. The Morgan fingerprint density at radius 2 is 1.80 bits per heavy atom. The van der Waals surface area contributed by atoms with E-state index in [9.17, 15) is 10.0 Å². The summed E-state index contributed by atoms with van der Waals surface area (Å²) in [6.45, 7) is 0. The molecule has 78 valence electrons. The van der Waals surface area contributed by atoms with Crippen molar-refractivity contribution < 1.29 is 5.21 Å². The SMILES string of the molecule is Nc1c(N)c2n(O)cccc-2c(=O)c1N. The zero-order valence-corrected chi connectivity index (χ0v) is 7.77. The molecule has 1 aliphatic heterocycles. The molecule has 2 rings (SSSR count). The second kappa shape index (κ2) is 2.81. The van der Waals surface area contributed by atoms with Crippen molar-refractivity contribution in [1.82, 2.24) is 4.73 Å². The second-order valence-corrected chi connectivity index (χ2v) is 3.19. The van der Waals surface area contributed by atoms with E-state index in [2.05, 4.69) is 0 Å². The normalized spacial score (nSPS) is 10.7. The van der Waals surface area contributed by atoms with Gasteiger partial charge >= 0.3 is 0 Å². The van der Waals surface area contributed by atoms with Crippen molar-refractivity contribution in [3.8, 4) is 11.3 Å². The topological polar surface area (TPSA) is 120 Å². The number of fused-ring (bicyclic) bond motifs is 1. The average molecular weight is 206 g/mol. The lowest BCUT2D eigenvalue weighted by atomic mass is 10.0. The number of aromatic nitrogens is 1. The average Bonchev–Trinajstić information content (AvgIpc) is 2.23. The lowest BCUT2D eigenvalue weighted by Gasteiger charge is -2.14. The molecule has 1 aliphatic carbocycles. The third-order valence-electron chi connectivity index (χ3n) is 2.30. The van der Waals surface area contributed by atoms with Crippen molar-refractivity contribution in [2.24, 2.45) is 0 Å². The number of nitrogen functional groups attached to an aromatic ring is 3. The van der Waals surface area contributed by atoms with E-state index in [1.165, 1.54) is 18.3 Å². The van der Waals surface area contributed by atoms with Crippen molar-refractivity contribution in [1.29, 1.82) is 0 Å². The first-order valence-electron chi connectivity index (χ1n) is 4.21. The minimum Gasteiger partial charge on any atom is -0.428 e. The van der Waals surface area contributed by atoms with Crippen LogP contribution in [0, 0.1) is 0 Å². The van der Waals surface area contributed by atoms with Crippen LogP contribution in [0.2, 0.25) is 0 Å². The fourth-order valence-corrected chi connectivity index (χ4v) is 1.49. The maximum Gasteiger partial charge on any atom is 0.213 e. The molecule has 0 saturated heterocycles. The molecule has 0 spiro atoms. The molecule has 0 saturated carbocycles. The standard InChI is InChI=1S/C9H10N4O2/c10-5-6(11)8-4(9(14)7(5)12)2-1-3-13(8)15/h1-3,15H,10-12H2. The summed E-state index contributed by atoms with van der Waals surface area (Å²) in [6.07, 6.45) is 1.35. The van der Waals surface area contributed by atoms with Gasteiger partial charge in [-0.05, 0) is 12.1 Å². The Morgan fingerprint density at radius 1 is 1.13 bits per heavy atom. The van der Waals surface area contributed by atoms with E-state index in [1.807, 2.05) is 0 Å². The van der Waals surface area contributed by atoms with Crippen LogP contribution < -0.4 is 22.6 Å². The highest BCUT2D eigenvalue weighted by Crippen LogP contribution is 2.31. The van der Waals surface area contributed by atoms with Crippen LogP contribution in [0.4, 0.5) is 17.1 Å². The van der Waals surface area contributed by atoms with Crippen LogP contribution in [0.1, 0.15) is 0 Å². The molecule has 0 bridgehead atoms. The van der Waals surface area contributed by atoms with Crippen LogP contribution >= 0.6 is 0 Å². The van der Waals surface area contributed by atoms with Crippen molar-refractivity contribution in [2.45, 2.75) is 0 Å². The fourth-order valence-electron chi connectivity index (χ4n) is 1.49. The fraction of sp³-hybridized carbons (Fsp3) is 0. The summed E-state index contributed by atoms with van der Waals surface area (Å²) in [5.74, 6) is 0. The van der Waals surface area contributed by atoms with Gasteiger partial charge in [-0.15, -0.1) is 0 Å². The largest absolute Gasteiger partial charge is 0.428 e. The van der Waals surface area contributed by atoms with E-state index in [-0.39, 0.29) is 28.3 Å². The van der Waals surface area contributed by atoms with Crippen LogP contribution in [0.25, 0.3) is 11.3 Å². The molecular formula is C9H10N4O2. The molecule has 6 nitrogen and oxygen atoms in total. The van der Waals surface area contributed by atoms with Gasteiger partial charge in [0, 0.05) is 6.20 Å². The smallest absolute Gasteiger partial charge is 0.213 e. The number of pyridine rings is 1. The molecule has 0 aromatic heterocycles. The van der Waals surface area contributed by atoms with Crippen LogP contribution in [-0.2, 0) is 0 Å². The summed E-state index contributed by atoms with van der Waals surface area (Å²) in [6, 6.07) is 3.04. The zero-order chi connectivity index (χ0) is 11.2. The highest BCUT2D eigenvalue weighted by Gasteiger charge is 2.19. The van der Waals surface area contributed by atoms with E-state index in [4.69, 9.17) is 17.2 Å². The minimum absolute atomic E-state index is 0.00139. The number of nitrogens with zero attached hydrogens (tertiary/aromatic N) is 1. The van der Waals surface area contributed by atoms with Crippen molar-refractivity contribution in [3.63, 3.8) is 0 Å². The van der Waals surface area contributed by atoms with Gasteiger partial charge < -0.3 is 22.4 Å². The molecule has 0 fully saturated rings. The molecule has 0 radical (unpaired) electrons. The van der Waals surface area contributed by atoms with Crippen molar-refractivity contribution in [2.75, 3.05) is 17.2 Å². The number of hydrogen-bond acceptors (Lipinski definition) is 5. The Labute approximate surface area is 84.8 Å². The van der Waals surface area contributed by atoms with Crippen LogP contribution in [0.3, 0.4) is 0 Å². The first-order chi connectivity index (χ1) is 7.04. The highest BCUT2D eigenvalue weighted by molar-refractivity contribution is 5.91. The first kappa shape index (κ1) is 9.20. The van der Waals surface area contributed by atoms with Crippen molar-refractivity contribution in [3.05, 3.63) is 28.6 Å². The quantitative estimate of drug-likeness (QED) is 0.355. The molecule has 0 atom stereocenters. The first-order valence-corrected chi connectivity index (χ1v) is 4.21. The summed E-state index contributed by atoms with van der Waals surface area (Å²) in [5.41, 5.74) is 16.7. The molecule has 15 heavy (non-hydrogen) atoms. The van der Waals surface area contributed by atoms with Crippen LogP contribution in [0.15, 0.2) is 23.1 Å². The maximum atomic E-state index is 11.7. The monoisotopic (exact) mass is 206 g/mol. The Morgan fingerprint density at radius 3 is 2.47 bits per heavy atom. The minimum atomic E-state index is -0.430. The van der Waals surface area contributed by atoms with Gasteiger partial charge in [0.15, 0.2) is 0 Å².